The highest BCUT2D eigenvalue weighted by atomic mass is 79.9. The zero-order valence-electron chi connectivity index (χ0n) is 10.9. The predicted octanol–water partition coefficient (Wildman–Crippen LogP) is 2.21. The van der Waals surface area contributed by atoms with E-state index in [1.807, 2.05) is 13.8 Å². The number of amides is 2. The summed E-state index contributed by atoms with van der Waals surface area (Å²) in [5, 5.41) is 2.52. The molecule has 6 heteroatoms. The van der Waals surface area contributed by atoms with Crippen molar-refractivity contribution in [2.24, 2.45) is 0 Å². The molecule has 0 unspecified atom stereocenters. The van der Waals surface area contributed by atoms with Crippen molar-refractivity contribution in [1.82, 2.24) is 9.88 Å². The first kappa shape index (κ1) is 15.4. The third-order valence-corrected chi connectivity index (χ3v) is 2.72. The van der Waals surface area contributed by atoms with E-state index in [-0.39, 0.29) is 0 Å². The molecule has 0 fully saturated rings. The second-order valence-corrected chi connectivity index (χ2v) is 5.04. The number of nitrogens with one attached hydrogen (secondary N) is 1. The van der Waals surface area contributed by atoms with Crippen molar-refractivity contribution in [3.63, 3.8) is 0 Å². The minimum atomic E-state index is -0.678. The van der Waals surface area contributed by atoms with Crippen LogP contribution in [0.25, 0.3) is 0 Å². The highest BCUT2D eigenvalue weighted by Crippen LogP contribution is 2.13. The molecule has 1 aromatic rings. The van der Waals surface area contributed by atoms with Crippen molar-refractivity contribution in [3.05, 3.63) is 35.1 Å². The van der Waals surface area contributed by atoms with Crippen LogP contribution >= 0.6 is 15.9 Å². The number of anilines is 1. The van der Waals surface area contributed by atoms with Gasteiger partial charge in [-0.1, -0.05) is 12.2 Å². The van der Waals surface area contributed by atoms with Crippen LogP contribution in [0.2, 0.25) is 0 Å². The highest BCUT2D eigenvalue weighted by molar-refractivity contribution is 9.10. The Hall–Kier alpha value is -1.69. The predicted molar refractivity (Wildman–Crippen MR) is 77.6 cm³/mol. The Morgan fingerprint density at radius 2 is 2.16 bits per heavy atom. The van der Waals surface area contributed by atoms with E-state index in [2.05, 4.69) is 32.8 Å². The first-order valence-corrected chi connectivity index (χ1v) is 6.58. The summed E-state index contributed by atoms with van der Waals surface area (Å²) in [6.07, 6.45) is 3.07. The fourth-order valence-corrected chi connectivity index (χ4v) is 1.83. The molecule has 1 heterocycles. The van der Waals surface area contributed by atoms with E-state index in [0.717, 1.165) is 10.0 Å². The maximum absolute atomic E-state index is 11.9. The summed E-state index contributed by atoms with van der Waals surface area (Å²) in [6.45, 7) is 8.19. The van der Waals surface area contributed by atoms with Crippen molar-refractivity contribution in [2.75, 3.05) is 18.4 Å². The lowest BCUT2D eigenvalue weighted by Gasteiger charge is -2.20. The number of rotatable bonds is 4. The van der Waals surface area contributed by atoms with Gasteiger partial charge >= 0.3 is 11.8 Å². The van der Waals surface area contributed by atoms with E-state index in [9.17, 15) is 9.59 Å². The lowest BCUT2D eigenvalue weighted by atomic mass is 10.3. The fraction of sp³-hybridized carbons (Fsp3) is 0.308. The summed E-state index contributed by atoms with van der Waals surface area (Å²) in [5.74, 6) is -1.26. The van der Waals surface area contributed by atoms with Crippen LogP contribution in [-0.2, 0) is 9.59 Å². The van der Waals surface area contributed by atoms with E-state index in [1.54, 1.807) is 12.3 Å². The molecule has 0 aliphatic heterocycles. The smallest absolute Gasteiger partial charge is 0.313 e. The van der Waals surface area contributed by atoms with Gasteiger partial charge in [0.1, 0.15) is 0 Å². The van der Waals surface area contributed by atoms with Crippen molar-refractivity contribution < 1.29 is 9.59 Å². The molecule has 0 spiro atoms. The Bertz CT molecular complexity index is 502. The molecular formula is C13H16BrN3O2. The third kappa shape index (κ3) is 4.82. The van der Waals surface area contributed by atoms with E-state index in [1.165, 1.54) is 11.1 Å². The van der Waals surface area contributed by atoms with Crippen LogP contribution in [0.4, 0.5) is 5.69 Å². The maximum Gasteiger partial charge on any atom is 0.313 e. The van der Waals surface area contributed by atoms with Crippen LogP contribution < -0.4 is 5.32 Å². The van der Waals surface area contributed by atoms with Gasteiger partial charge in [0.2, 0.25) is 0 Å². The number of hydrogen-bond donors (Lipinski definition) is 1. The van der Waals surface area contributed by atoms with Gasteiger partial charge in [-0.2, -0.15) is 0 Å². The molecule has 0 aromatic carbocycles. The molecule has 0 aliphatic carbocycles. The van der Waals surface area contributed by atoms with Gasteiger partial charge in [0, 0.05) is 23.8 Å². The van der Waals surface area contributed by atoms with Crippen LogP contribution in [0, 0.1) is 0 Å². The molecule has 0 bridgehead atoms. The van der Waals surface area contributed by atoms with Gasteiger partial charge in [0.25, 0.3) is 0 Å². The van der Waals surface area contributed by atoms with Crippen molar-refractivity contribution in [2.45, 2.75) is 13.8 Å². The fourth-order valence-electron chi connectivity index (χ4n) is 1.46. The minimum Gasteiger partial charge on any atom is -0.331 e. The second kappa shape index (κ2) is 7.04. The van der Waals surface area contributed by atoms with E-state index in [0.29, 0.717) is 18.8 Å². The maximum atomic E-state index is 11.9. The lowest BCUT2D eigenvalue weighted by Crippen LogP contribution is -2.40. The molecule has 19 heavy (non-hydrogen) atoms. The molecule has 0 radical (unpaired) electrons. The summed E-state index contributed by atoms with van der Waals surface area (Å²) in [7, 11) is 0. The zero-order valence-corrected chi connectivity index (χ0v) is 12.5. The first-order chi connectivity index (χ1) is 8.93. The summed E-state index contributed by atoms with van der Waals surface area (Å²) in [6, 6.07) is 1.67. The van der Waals surface area contributed by atoms with E-state index in [4.69, 9.17) is 0 Å². The molecule has 1 aromatic heterocycles. The number of carbonyl (C=O) groups excluding carboxylic acids is 2. The monoisotopic (exact) mass is 325 g/mol. The Morgan fingerprint density at radius 3 is 2.68 bits per heavy atom. The number of carbonyl (C=O) groups is 2. The Balaban J connectivity index is 2.71. The van der Waals surface area contributed by atoms with Crippen molar-refractivity contribution in [3.8, 4) is 0 Å². The lowest BCUT2D eigenvalue weighted by molar-refractivity contribution is -0.142. The van der Waals surface area contributed by atoms with Crippen LogP contribution in [-0.4, -0.2) is 34.8 Å². The van der Waals surface area contributed by atoms with Gasteiger partial charge in [0.15, 0.2) is 0 Å². The van der Waals surface area contributed by atoms with E-state index >= 15 is 0 Å². The van der Waals surface area contributed by atoms with Gasteiger partial charge in [0.05, 0.1) is 11.9 Å². The average Bonchev–Trinajstić information content (AvgIpc) is 2.34. The second-order valence-electron chi connectivity index (χ2n) is 4.12. The molecule has 0 saturated carbocycles. The number of aromatic nitrogens is 1. The summed E-state index contributed by atoms with van der Waals surface area (Å²) >= 11 is 3.24. The van der Waals surface area contributed by atoms with Crippen LogP contribution in [0.5, 0.6) is 0 Å². The van der Waals surface area contributed by atoms with Crippen molar-refractivity contribution in [1.29, 1.82) is 0 Å². The summed E-state index contributed by atoms with van der Waals surface area (Å²) in [5.41, 5.74) is 1.30. The quantitative estimate of drug-likeness (QED) is 0.682. The standard InChI is InChI=1S/C13H16BrN3O2/c1-4-17(8-9(2)3)13(19)12(18)16-11-5-10(14)6-15-7-11/h5-7H,2,4,8H2,1,3H3,(H,16,18). The average molecular weight is 326 g/mol. The van der Waals surface area contributed by atoms with Crippen LogP contribution in [0.3, 0.4) is 0 Å². The Labute approximate surface area is 120 Å². The number of hydrogen-bond acceptors (Lipinski definition) is 3. The first-order valence-electron chi connectivity index (χ1n) is 5.79. The van der Waals surface area contributed by atoms with Gasteiger partial charge in [-0.3, -0.25) is 14.6 Å². The summed E-state index contributed by atoms with van der Waals surface area (Å²) in [4.78, 5) is 29.1. The van der Waals surface area contributed by atoms with Crippen LogP contribution in [0.15, 0.2) is 35.1 Å². The van der Waals surface area contributed by atoms with Gasteiger partial charge < -0.3 is 10.2 Å². The van der Waals surface area contributed by atoms with E-state index < -0.39 is 11.8 Å². The van der Waals surface area contributed by atoms with Gasteiger partial charge in [-0.25, -0.2) is 0 Å². The molecule has 1 N–H and O–H groups in total. The normalized spacial score (nSPS) is 9.84. The number of pyridine rings is 1. The Morgan fingerprint density at radius 1 is 1.47 bits per heavy atom. The van der Waals surface area contributed by atoms with Gasteiger partial charge in [-0.15, -0.1) is 0 Å². The third-order valence-electron chi connectivity index (χ3n) is 2.29. The largest absolute Gasteiger partial charge is 0.331 e. The van der Waals surface area contributed by atoms with Crippen LogP contribution in [0.1, 0.15) is 13.8 Å². The molecule has 102 valence electrons. The number of likely N-dealkylation sites (N-methyl/N-ethyl adjacent to an activating group) is 1. The van der Waals surface area contributed by atoms with Gasteiger partial charge in [-0.05, 0) is 35.8 Å². The summed E-state index contributed by atoms with van der Waals surface area (Å²) < 4.78 is 0.729. The Kier molecular flexibility index (Phi) is 5.69. The zero-order chi connectivity index (χ0) is 14.4. The minimum absolute atomic E-state index is 0.374. The molecular weight excluding hydrogens is 310 g/mol. The molecule has 5 nitrogen and oxygen atoms in total. The molecule has 1 rings (SSSR count). The number of nitrogens with zero attached hydrogens (tertiary/aromatic N) is 2. The van der Waals surface area contributed by atoms with Crippen molar-refractivity contribution >= 4 is 33.4 Å². The molecule has 0 atom stereocenters. The molecule has 0 saturated heterocycles. The topological polar surface area (TPSA) is 62.3 Å². The molecule has 2 amide bonds. The molecule has 0 aliphatic rings. The highest BCUT2D eigenvalue weighted by Gasteiger charge is 2.20. The number of halogens is 1. The SMILES string of the molecule is C=C(C)CN(CC)C(=O)C(=O)Nc1cncc(Br)c1.